The van der Waals surface area contributed by atoms with Crippen LogP contribution in [0.5, 0.6) is 0 Å². The molecule has 0 aromatic rings. The highest BCUT2D eigenvalue weighted by atomic mass is 16.5. The van der Waals surface area contributed by atoms with Crippen LogP contribution < -0.4 is 5.73 Å². The van der Waals surface area contributed by atoms with Crippen LogP contribution in [0.25, 0.3) is 0 Å². The van der Waals surface area contributed by atoms with Gasteiger partial charge in [0.2, 0.25) is 0 Å². The van der Waals surface area contributed by atoms with E-state index < -0.39 is 0 Å². The molecular formula is C14H25NO2. The standard InChI is InChI=1S/C14H25NO2/c15-10-11-6-4-5-9-13(11)14(16)17-12-7-2-1-3-8-12/h11-13H,1-10,15H2. The third kappa shape index (κ3) is 3.44. The molecule has 0 aromatic heterocycles. The van der Waals surface area contributed by atoms with Crippen molar-refractivity contribution in [2.45, 2.75) is 63.9 Å². The predicted octanol–water partition coefficient (Wildman–Crippen LogP) is 2.63. The maximum absolute atomic E-state index is 12.2. The Bertz CT molecular complexity index is 249. The molecule has 3 heteroatoms. The van der Waals surface area contributed by atoms with Crippen molar-refractivity contribution in [2.75, 3.05) is 6.54 Å². The van der Waals surface area contributed by atoms with Gasteiger partial charge in [-0.2, -0.15) is 0 Å². The van der Waals surface area contributed by atoms with Crippen molar-refractivity contribution in [2.24, 2.45) is 17.6 Å². The topological polar surface area (TPSA) is 52.3 Å². The smallest absolute Gasteiger partial charge is 0.309 e. The Kier molecular flexibility index (Phi) is 4.84. The lowest BCUT2D eigenvalue weighted by atomic mass is 9.79. The molecule has 0 heterocycles. The second-order valence-corrected chi connectivity index (χ2v) is 5.58. The van der Waals surface area contributed by atoms with E-state index in [1.54, 1.807) is 0 Å². The molecular weight excluding hydrogens is 214 g/mol. The Labute approximate surface area is 104 Å². The van der Waals surface area contributed by atoms with Gasteiger partial charge in [-0.1, -0.05) is 19.3 Å². The molecule has 0 bridgehead atoms. The highest BCUT2D eigenvalue weighted by Gasteiger charge is 2.32. The Morgan fingerprint density at radius 2 is 1.65 bits per heavy atom. The fourth-order valence-corrected chi connectivity index (χ4v) is 3.23. The summed E-state index contributed by atoms with van der Waals surface area (Å²) in [7, 11) is 0. The molecule has 2 rings (SSSR count). The first-order chi connectivity index (χ1) is 8.31. The number of esters is 1. The number of nitrogens with two attached hydrogens (primary N) is 1. The molecule has 2 fully saturated rings. The van der Waals surface area contributed by atoms with Gasteiger partial charge in [-0.05, 0) is 51.0 Å². The summed E-state index contributed by atoms with van der Waals surface area (Å²) in [6.07, 6.45) is 10.5. The molecule has 2 saturated carbocycles. The van der Waals surface area contributed by atoms with Crippen LogP contribution in [0.15, 0.2) is 0 Å². The van der Waals surface area contributed by atoms with Crippen LogP contribution in [0.1, 0.15) is 57.8 Å². The monoisotopic (exact) mass is 239 g/mol. The molecule has 2 unspecified atom stereocenters. The maximum atomic E-state index is 12.2. The van der Waals surface area contributed by atoms with E-state index in [0.29, 0.717) is 12.5 Å². The van der Waals surface area contributed by atoms with Gasteiger partial charge >= 0.3 is 5.97 Å². The summed E-state index contributed by atoms with van der Waals surface area (Å²) in [5.74, 6) is 0.475. The minimum Gasteiger partial charge on any atom is -0.462 e. The van der Waals surface area contributed by atoms with Crippen LogP contribution in [0.2, 0.25) is 0 Å². The molecule has 98 valence electrons. The van der Waals surface area contributed by atoms with Gasteiger partial charge in [0.15, 0.2) is 0 Å². The number of hydrogen-bond acceptors (Lipinski definition) is 3. The molecule has 0 radical (unpaired) electrons. The number of carbonyl (C=O) groups is 1. The highest BCUT2D eigenvalue weighted by Crippen LogP contribution is 2.31. The fourth-order valence-electron chi connectivity index (χ4n) is 3.23. The first kappa shape index (κ1) is 12.9. The van der Waals surface area contributed by atoms with Gasteiger partial charge < -0.3 is 10.5 Å². The zero-order valence-corrected chi connectivity index (χ0v) is 10.7. The van der Waals surface area contributed by atoms with Crippen LogP contribution in [-0.2, 0) is 9.53 Å². The van der Waals surface area contributed by atoms with E-state index in [1.807, 2.05) is 0 Å². The van der Waals surface area contributed by atoms with Crippen molar-refractivity contribution < 1.29 is 9.53 Å². The van der Waals surface area contributed by atoms with Gasteiger partial charge in [0.05, 0.1) is 5.92 Å². The summed E-state index contributed by atoms with van der Waals surface area (Å²) in [5.41, 5.74) is 5.76. The quantitative estimate of drug-likeness (QED) is 0.770. The summed E-state index contributed by atoms with van der Waals surface area (Å²) >= 11 is 0. The minimum absolute atomic E-state index is 0.0343. The van der Waals surface area contributed by atoms with Gasteiger partial charge in [-0.3, -0.25) is 4.79 Å². The molecule has 2 atom stereocenters. The van der Waals surface area contributed by atoms with E-state index in [0.717, 1.165) is 32.1 Å². The summed E-state index contributed by atoms with van der Waals surface area (Å²) in [5, 5.41) is 0. The fraction of sp³-hybridized carbons (Fsp3) is 0.929. The van der Waals surface area contributed by atoms with Crippen molar-refractivity contribution in [1.82, 2.24) is 0 Å². The second kappa shape index (κ2) is 6.39. The third-order valence-corrected chi connectivity index (χ3v) is 4.35. The SMILES string of the molecule is NCC1CCCCC1C(=O)OC1CCCCC1. The normalized spacial score (nSPS) is 31.1. The summed E-state index contributed by atoms with van der Waals surface area (Å²) in [6, 6.07) is 0. The van der Waals surface area contributed by atoms with E-state index in [4.69, 9.17) is 10.5 Å². The Morgan fingerprint density at radius 3 is 2.35 bits per heavy atom. The first-order valence-corrected chi connectivity index (χ1v) is 7.22. The lowest BCUT2D eigenvalue weighted by Crippen LogP contribution is -2.35. The van der Waals surface area contributed by atoms with E-state index >= 15 is 0 Å². The molecule has 0 spiro atoms. The van der Waals surface area contributed by atoms with Crippen molar-refractivity contribution >= 4 is 5.97 Å². The second-order valence-electron chi connectivity index (χ2n) is 5.58. The molecule has 3 nitrogen and oxygen atoms in total. The first-order valence-electron chi connectivity index (χ1n) is 7.22. The molecule has 0 amide bonds. The van der Waals surface area contributed by atoms with Gasteiger partial charge in [0, 0.05) is 0 Å². The average molecular weight is 239 g/mol. The number of ether oxygens (including phenoxy) is 1. The molecule has 0 aromatic carbocycles. The molecule has 0 saturated heterocycles. The van der Waals surface area contributed by atoms with Crippen molar-refractivity contribution in [3.05, 3.63) is 0 Å². The molecule has 0 aliphatic heterocycles. The molecule has 17 heavy (non-hydrogen) atoms. The molecule has 2 N–H and O–H groups in total. The number of carbonyl (C=O) groups excluding carboxylic acids is 1. The van der Waals surface area contributed by atoms with Gasteiger partial charge in [0.1, 0.15) is 6.10 Å². The minimum atomic E-state index is 0.0343. The van der Waals surface area contributed by atoms with Crippen LogP contribution in [0, 0.1) is 11.8 Å². The zero-order chi connectivity index (χ0) is 12.1. The Hall–Kier alpha value is -0.570. The van der Waals surface area contributed by atoms with Gasteiger partial charge in [-0.25, -0.2) is 0 Å². The Balaban J connectivity index is 1.84. The van der Waals surface area contributed by atoms with Crippen LogP contribution >= 0.6 is 0 Å². The maximum Gasteiger partial charge on any atom is 0.309 e. The molecule has 2 aliphatic carbocycles. The summed E-state index contributed by atoms with van der Waals surface area (Å²) < 4.78 is 5.67. The Morgan fingerprint density at radius 1 is 1.00 bits per heavy atom. The molecule has 2 aliphatic rings. The van der Waals surface area contributed by atoms with Gasteiger partial charge in [0.25, 0.3) is 0 Å². The largest absolute Gasteiger partial charge is 0.462 e. The van der Waals surface area contributed by atoms with Gasteiger partial charge in [-0.15, -0.1) is 0 Å². The summed E-state index contributed by atoms with van der Waals surface area (Å²) in [6.45, 7) is 0.629. The van der Waals surface area contributed by atoms with E-state index in [2.05, 4.69) is 0 Å². The van der Waals surface area contributed by atoms with Crippen molar-refractivity contribution in [1.29, 1.82) is 0 Å². The van der Waals surface area contributed by atoms with E-state index in [-0.39, 0.29) is 18.0 Å². The van der Waals surface area contributed by atoms with E-state index in [1.165, 1.54) is 25.7 Å². The zero-order valence-electron chi connectivity index (χ0n) is 10.7. The number of rotatable bonds is 3. The van der Waals surface area contributed by atoms with Crippen LogP contribution in [0.3, 0.4) is 0 Å². The van der Waals surface area contributed by atoms with Crippen molar-refractivity contribution in [3.8, 4) is 0 Å². The van der Waals surface area contributed by atoms with E-state index in [9.17, 15) is 4.79 Å². The van der Waals surface area contributed by atoms with Crippen LogP contribution in [-0.4, -0.2) is 18.6 Å². The lowest BCUT2D eigenvalue weighted by Gasteiger charge is -2.31. The number of hydrogen-bond donors (Lipinski definition) is 1. The average Bonchev–Trinajstić information content (AvgIpc) is 2.40. The van der Waals surface area contributed by atoms with Crippen molar-refractivity contribution in [3.63, 3.8) is 0 Å². The third-order valence-electron chi connectivity index (χ3n) is 4.35. The van der Waals surface area contributed by atoms with Crippen LogP contribution in [0.4, 0.5) is 0 Å². The summed E-state index contributed by atoms with van der Waals surface area (Å²) in [4.78, 5) is 12.2. The highest BCUT2D eigenvalue weighted by molar-refractivity contribution is 5.73. The predicted molar refractivity (Wildman–Crippen MR) is 67.5 cm³/mol. The lowest BCUT2D eigenvalue weighted by molar-refractivity contribution is -0.158.